The molecule has 1 aromatic carbocycles. The number of rotatable bonds is 0. The van der Waals surface area contributed by atoms with Gasteiger partial charge in [-0.2, -0.15) is 0 Å². The van der Waals surface area contributed by atoms with Gasteiger partial charge in [-0.05, 0) is 19.1 Å². The molecule has 0 spiro atoms. The Balaban J connectivity index is 2.65. The topological polar surface area (TPSA) is 28.7 Å². The normalized spacial score (nSPS) is 11.2. The summed E-state index contributed by atoms with van der Waals surface area (Å²) in [5, 5.41) is 2.50. The number of nitrogens with one attached hydrogen (secondary N) is 1. The summed E-state index contributed by atoms with van der Waals surface area (Å²) in [4.78, 5) is 7.69. The quantitative estimate of drug-likeness (QED) is 0.568. The van der Waals surface area contributed by atoms with E-state index in [2.05, 4.69) is 28.2 Å². The molecule has 2 nitrogen and oxygen atoms in total. The van der Waals surface area contributed by atoms with E-state index in [1.807, 2.05) is 25.3 Å². The largest absolute Gasteiger partial charge is 0.354 e. The van der Waals surface area contributed by atoms with Gasteiger partial charge in [-0.15, -0.1) is 0 Å². The summed E-state index contributed by atoms with van der Waals surface area (Å²) in [6, 6.07) is 10.3. The highest BCUT2D eigenvalue weighted by molar-refractivity contribution is 6.08. The Morgan fingerprint density at radius 1 is 1.07 bits per heavy atom. The minimum Gasteiger partial charge on any atom is -0.354 e. The van der Waals surface area contributed by atoms with Gasteiger partial charge in [0.1, 0.15) is 0 Å². The molecule has 3 rings (SSSR count). The van der Waals surface area contributed by atoms with Crippen LogP contribution in [0.2, 0.25) is 0 Å². The summed E-state index contributed by atoms with van der Waals surface area (Å²) in [6.45, 7) is 2.04. The average molecular weight is 182 g/mol. The lowest BCUT2D eigenvalue weighted by atomic mass is 10.1. The van der Waals surface area contributed by atoms with Crippen LogP contribution in [0.4, 0.5) is 0 Å². The predicted octanol–water partition coefficient (Wildman–Crippen LogP) is 3.02. The van der Waals surface area contributed by atoms with Crippen molar-refractivity contribution in [3.63, 3.8) is 0 Å². The molecule has 0 amide bonds. The smallest absolute Gasteiger partial charge is 0.0498 e. The first-order valence-electron chi connectivity index (χ1n) is 4.68. The summed E-state index contributed by atoms with van der Waals surface area (Å²) < 4.78 is 0. The van der Waals surface area contributed by atoms with Crippen LogP contribution in [0.3, 0.4) is 0 Å². The second-order valence-corrected chi connectivity index (χ2v) is 3.49. The Labute approximate surface area is 81.6 Å². The van der Waals surface area contributed by atoms with E-state index in [0.717, 1.165) is 5.69 Å². The van der Waals surface area contributed by atoms with Crippen LogP contribution in [0.5, 0.6) is 0 Å². The maximum absolute atomic E-state index is 4.31. The first-order chi connectivity index (χ1) is 6.86. The molecule has 0 aliphatic rings. The van der Waals surface area contributed by atoms with Gasteiger partial charge < -0.3 is 4.98 Å². The molecule has 0 bridgehead atoms. The second kappa shape index (κ2) is 2.58. The van der Waals surface area contributed by atoms with Crippen molar-refractivity contribution in [2.24, 2.45) is 0 Å². The van der Waals surface area contributed by atoms with Crippen molar-refractivity contribution in [2.45, 2.75) is 6.92 Å². The van der Waals surface area contributed by atoms with Crippen molar-refractivity contribution >= 4 is 21.8 Å². The SMILES string of the molecule is Cc1nccc2[nH]c3ccccc3c12. The number of nitrogens with zero attached hydrogens (tertiary/aromatic N) is 1. The number of fused-ring (bicyclic) bond motifs is 3. The van der Waals surface area contributed by atoms with Crippen LogP contribution in [0.25, 0.3) is 21.8 Å². The van der Waals surface area contributed by atoms with Gasteiger partial charge in [0.15, 0.2) is 0 Å². The summed E-state index contributed by atoms with van der Waals surface area (Å²) in [5.74, 6) is 0. The third kappa shape index (κ3) is 0.880. The molecule has 0 aliphatic heterocycles. The number of aromatic nitrogens is 2. The van der Waals surface area contributed by atoms with Gasteiger partial charge in [0.05, 0.1) is 0 Å². The summed E-state index contributed by atoms with van der Waals surface area (Å²) in [6.07, 6.45) is 1.84. The molecule has 0 aliphatic carbocycles. The molecular weight excluding hydrogens is 172 g/mol. The van der Waals surface area contributed by atoms with Crippen molar-refractivity contribution in [2.75, 3.05) is 0 Å². The number of para-hydroxylation sites is 1. The second-order valence-electron chi connectivity index (χ2n) is 3.49. The Morgan fingerprint density at radius 2 is 1.93 bits per heavy atom. The highest BCUT2D eigenvalue weighted by atomic mass is 14.7. The molecule has 68 valence electrons. The average Bonchev–Trinajstić information content (AvgIpc) is 2.57. The number of H-pyrrole nitrogens is 1. The van der Waals surface area contributed by atoms with Gasteiger partial charge in [-0.1, -0.05) is 18.2 Å². The number of aromatic amines is 1. The highest BCUT2D eigenvalue weighted by Gasteiger charge is 2.05. The molecule has 0 atom stereocenters. The molecular formula is C12H10N2. The van der Waals surface area contributed by atoms with E-state index in [-0.39, 0.29) is 0 Å². The van der Waals surface area contributed by atoms with Gasteiger partial charge >= 0.3 is 0 Å². The van der Waals surface area contributed by atoms with Gasteiger partial charge in [-0.25, -0.2) is 0 Å². The number of benzene rings is 1. The molecule has 0 saturated heterocycles. The summed E-state index contributed by atoms with van der Waals surface area (Å²) in [7, 11) is 0. The molecule has 1 N–H and O–H groups in total. The lowest BCUT2D eigenvalue weighted by Crippen LogP contribution is -1.79. The third-order valence-corrected chi connectivity index (χ3v) is 2.61. The van der Waals surface area contributed by atoms with Crippen LogP contribution in [0.15, 0.2) is 36.5 Å². The van der Waals surface area contributed by atoms with E-state index >= 15 is 0 Å². The molecule has 2 aromatic heterocycles. The van der Waals surface area contributed by atoms with E-state index in [4.69, 9.17) is 0 Å². The van der Waals surface area contributed by atoms with Gasteiger partial charge in [0.25, 0.3) is 0 Å². The number of hydrogen-bond acceptors (Lipinski definition) is 1. The van der Waals surface area contributed by atoms with Crippen LogP contribution in [0.1, 0.15) is 5.69 Å². The lowest BCUT2D eigenvalue weighted by Gasteiger charge is -1.94. The highest BCUT2D eigenvalue weighted by Crippen LogP contribution is 2.26. The molecule has 3 aromatic rings. The molecule has 0 unspecified atom stereocenters. The molecule has 0 fully saturated rings. The zero-order valence-electron chi connectivity index (χ0n) is 7.91. The monoisotopic (exact) mass is 182 g/mol. The van der Waals surface area contributed by atoms with E-state index in [0.29, 0.717) is 0 Å². The van der Waals surface area contributed by atoms with Gasteiger partial charge in [0.2, 0.25) is 0 Å². The zero-order valence-corrected chi connectivity index (χ0v) is 7.91. The molecule has 2 heterocycles. The summed E-state index contributed by atoms with van der Waals surface area (Å²) in [5.41, 5.74) is 3.43. The number of aryl methyl sites for hydroxylation is 1. The minimum atomic E-state index is 1.08. The van der Waals surface area contributed by atoms with Crippen molar-refractivity contribution in [3.05, 3.63) is 42.2 Å². The van der Waals surface area contributed by atoms with E-state index in [1.54, 1.807) is 0 Å². The fourth-order valence-corrected chi connectivity index (χ4v) is 1.97. The Morgan fingerprint density at radius 3 is 2.86 bits per heavy atom. The van der Waals surface area contributed by atoms with Gasteiger partial charge in [0, 0.05) is 33.7 Å². The van der Waals surface area contributed by atoms with Crippen molar-refractivity contribution < 1.29 is 0 Å². The van der Waals surface area contributed by atoms with Crippen molar-refractivity contribution in [1.82, 2.24) is 9.97 Å². The zero-order chi connectivity index (χ0) is 9.54. The third-order valence-electron chi connectivity index (χ3n) is 2.61. The van der Waals surface area contributed by atoms with Gasteiger partial charge in [-0.3, -0.25) is 4.98 Å². The lowest BCUT2D eigenvalue weighted by molar-refractivity contribution is 1.24. The number of pyridine rings is 1. The number of hydrogen-bond donors (Lipinski definition) is 1. The Bertz CT molecular complexity index is 608. The van der Waals surface area contributed by atoms with Crippen LogP contribution in [-0.4, -0.2) is 9.97 Å². The first-order valence-corrected chi connectivity index (χ1v) is 4.68. The van der Waals surface area contributed by atoms with Crippen molar-refractivity contribution in [1.29, 1.82) is 0 Å². The molecule has 0 saturated carbocycles. The van der Waals surface area contributed by atoms with E-state index < -0.39 is 0 Å². The maximum Gasteiger partial charge on any atom is 0.0498 e. The van der Waals surface area contributed by atoms with Crippen LogP contribution >= 0.6 is 0 Å². The fraction of sp³-hybridized carbons (Fsp3) is 0.0833. The fourth-order valence-electron chi connectivity index (χ4n) is 1.97. The molecule has 0 radical (unpaired) electrons. The maximum atomic E-state index is 4.31. The Kier molecular flexibility index (Phi) is 1.39. The van der Waals surface area contributed by atoms with Crippen LogP contribution < -0.4 is 0 Å². The van der Waals surface area contributed by atoms with E-state index in [9.17, 15) is 0 Å². The van der Waals surface area contributed by atoms with Crippen LogP contribution in [-0.2, 0) is 0 Å². The first kappa shape index (κ1) is 7.56. The molecule has 2 heteroatoms. The summed E-state index contributed by atoms with van der Waals surface area (Å²) >= 11 is 0. The predicted molar refractivity (Wildman–Crippen MR) is 58.3 cm³/mol. The van der Waals surface area contributed by atoms with E-state index in [1.165, 1.54) is 21.8 Å². The molecule has 14 heavy (non-hydrogen) atoms. The van der Waals surface area contributed by atoms with Crippen LogP contribution in [0, 0.1) is 6.92 Å². The minimum absolute atomic E-state index is 1.08. The standard InChI is InChI=1S/C12H10N2/c1-8-12-9-4-2-3-5-10(9)14-11(12)6-7-13-8/h2-7,14H,1H3. The van der Waals surface area contributed by atoms with Crippen molar-refractivity contribution in [3.8, 4) is 0 Å². The Hall–Kier alpha value is -1.83.